The Hall–Kier alpha value is -0.120. The van der Waals surface area contributed by atoms with Crippen LogP contribution in [0.15, 0.2) is 0 Å². The predicted octanol–water partition coefficient (Wildman–Crippen LogP) is 3.93. The van der Waals surface area contributed by atoms with Crippen molar-refractivity contribution in [3.63, 3.8) is 0 Å². The van der Waals surface area contributed by atoms with Crippen LogP contribution in [0, 0.1) is 0 Å². The summed E-state index contributed by atoms with van der Waals surface area (Å²) in [5, 5.41) is 8.90. The van der Waals surface area contributed by atoms with E-state index in [-0.39, 0.29) is 18.8 Å². The van der Waals surface area contributed by atoms with Gasteiger partial charge in [-0.2, -0.15) is 0 Å². The monoisotopic (exact) mass is 274 g/mol. The number of hydrogen-bond donors (Lipinski definition) is 1. The topological polar surface area (TPSA) is 38.7 Å². The molecule has 0 aromatic rings. The normalized spacial score (nSPS) is 16.3. The number of hydrogen-bond acceptors (Lipinski definition) is 3. The van der Waals surface area contributed by atoms with Crippen LogP contribution in [0.4, 0.5) is 0 Å². The molecule has 3 heteroatoms. The molecule has 0 aromatic carbocycles. The molecule has 0 spiro atoms. The second-order valence-electron chi connectivity index (χ2n) is 5.51. The predicted molar refractivity (Wildman–Crippen MR) is 80.5 cm³/mol. The highest BCUT2D eigenvalue weighted by atomic mass is 16.5. The summed E-state index contributed by atoms with van der Waals surface area (Å²) < 4.78 is 11.5. The fourth-order valence-corrected chi connectivity index (χ4v) is 2.06. The van der Waals surface area contributed by atoms with E-state index in [9.17, 15) is 0 Å². The Bertz CT molecular complexity index is 185. The molecule has 0 heterocycles. The second kappa shape index (κ2) is 12.9. The lowest BCUT2D eigenvalue weighted by Gasteiger charge is -2.22. The highest BCUT2D eigenvalue weighted by Crippen LogP contribution is 2.14. The van der Waals surface area contributed by atoms with Crippen molar-refractivity contribution in [1.82, 2.24) is 0 Å². The Morgan fingerprint density at radius 3 is 2.21 bits per heavy atom. The summed E-state index contributed by atoms with van der Waals surface area (Å²) in [6, 6.07) is 0. The maximum absolute atomic E-state index is 8.90. The molecule has 0 aromatic heterocycles. The van der Waals surface area contributed by atoms with E-state index in [2.05, 4.69) is 13.8 Å². The molecule has 116 valence electrons. The van der Waals surface area contributed by atoms with Crippen LogP contribution in [0.3, 0.4) is 0 Å². The molecule has 0 amide bonds. The summed E-state index contributed by atoms with van der Waals surface area (Å²) in [7, 11) is 0. The van der Waals surface area contributed by atoms with Gasteiger partial charge in [-0.15, -0.1) is 0 Å². The SMILES string of the molecule is CCCCCCCC(CC)OC(C)COC(C)CO. The van der Waals surface area contributed by atoms with Crippen LogP contribution in [0.5, 0.6) is 0 Å². The smallest absolute Gasteiger partial charge is 0.0784 e. The minimum Gasteiger partial charge on any atom is -0.394 e. The zero-order valence-corrected chi connectivity index (χ0v) is 13.4. The van der Waals surface area contributed by atoms with Crippen LogP contribution in [-0.2, 0) is 9.47 Å². The van der Waals surface area contributed by atoms with E-state index < -0.39 is 0 Å². The van der Waals surface area contributed by atoms with Crippen molar-refractivity contribution in [2.75, 3.05) is 13.2 Å². The molecule has 0 bridgehead atoms. The lowest BCUT2D eigenvalue weighted by molar-refractivity contribution is -0.0753. The van der Waals surface area contributed by atoms with E-state index in [0.29, 0.717) is 12.7 Å². The minimum atomic E-state index is -0.0971. The number of aliphatic hydroxyl groups is 1. The van der Waals surface area contributed by atoms with Gasteiger partial charge in [-0.3, -0.25) is 0 Å². The molecule has 1 N–H and O–H groups in total. The zero-order valence-electron chi connectivity index (χ0n) is 13.4. The van der Waals surface area contributed by atoms with E-state index in [0.717, 1.165) is 12.8 Å². The van der Waals surface area contributed by atoms with Gasteiger partial charge in [0.15, 0.2) is 0 Å². The first-order valence-electron chi connectivity index (χ1n) is 8.01. The molecular formula is C16H34O3. The van der Waals surface area contributed by atoms with Gasteiger partial charge in [0, 0.05) is 0 Å². The maximum Gasteiger partial charge on any atom is 0.0784 e. The maximum atomic E-state index is 8.90. The van der Waals surface area contributed by atoms with E-state index in [4.69, 9.17) is 14.6 Å². The third-order valence-electron chi connectivity index (χ3n) is 3.38. The Kier molecular flexibility index (Phi) is 12.8. The van der Waals surface area contributed by atoms with Gasteiger partial charge in [0.1, 0.15) is 0 Å². The van der Waals surface area contributed by atoms with Gasteiger partial charge >= 0.3 is 0 Å². The highest BCUT2D eigenvalue weighted by Gasteiger charge is 2.12. The quantitative estimate of drug-likeness (QED) is 0.517. The third kappa shape index (κ3) is 11.4. The molecule has 0 radical (unpaired) electrons. The van der Waals surface area contributed by atoms with E-state index in [1.54, 1.807) is 0 Å². The molecule has 0 rings (SSSR count). The van der Waals surface area contributed by atoms with Gasteiger partial charge in [-0.25, -0.2) is 0 Å². The second-order valence-corrected chi connectivity index (χ2v) is 5.51. The number of unbranched alkanes of at least 4 members (excludes halogenated alkanes) is 4. The standard InChI is InChI=1S/C16H34O3/c1-5-7-8-9-10-11-16(6-2)19-15(4)13-18-14(3)12-17/h14-17H,5-13H2,1-4H3. The van der Waals surface area contributed by atoms with Gasteiger partial charge < -0.3 is 14.6 Å². The highest BCUT2D eigenvalue weighted by molar-refractivity contribution is 4.60. The van der Waals surface area contributed by atoms with Crippen molar-refractivity contribution in [3.05, 3.63) is 0 Å². The van der Waals surface area contributed by atoms with Gasteiger partial charge in [0.05, 0.1) is 31.5 Å². The fraction of sp³-hybridized carbons (Fsp3) is 1.00. The van der Waals surface area contributed by atoms with Gasteiger partial charge in [-0.05, 0) is 26.7 Å². The molecule has 19 heavy (non-hydrogen) atoms. The molecule has 0 aliphatic heterocycles. The minimum absolute atomic E-state index is 0.0708. The Morgan fingerprint density at radius 2 is 1.63 bits per heavy atom. The average molecular weight is 274 g/mol. The van der Waals surface area contributed by atoms with Gasteiger partial charge in [-0.1, -0.05) is 46.0 Å². The molecular weight excluding hydrogens is 240 g/mol. The van der Waals surface area contributed by atoms with Crippen molar-refractivity contribution in [1.29, 1.82) is 0 Å². The summed E-state index contributed by atoms with van der Waals surface area (Å²) in [4.78, 5) is 0. The van der Waals surface area contributed by atoms with Gasteiger partial charge in [0.2, 0.25) is 0 Å². The summed E-state index contributed by atoms with van der Waals surface area (Å²) >= 11 is 0. The van der Waals surface area contributed by atoms with Crippen LogP contribution in [0.25, 0.3) is 0 Å². The zero-order chi connectivity index (χ0) is 14.5. The molecule has 0 aliphatic carbocycles. The van der Waals surface area contributed by atoms with Crippen LogP contribution < -0.4 is 0 Å². The van der Waals surface area contributed by atoms with E-state index in [1.165, 1.54) is 32.1 Å². The lowest BCUT2D eigenvalue weighted by atomic mass is 10.1. The van der Waals surface area contributed by atoms with Crippen LogP contribution in [0.2, 0.25) is 0 Å². The summed E-state index contributed by atoms with van der Waals surface area (Å²) in [5.74, 6) is 0. The summed E-state index contributed by atoms with van der Waals surface area (Å²) in [6.07, 6.45) is 9.15. The van der Waals surface area contributed by atoms with Crippen molar-refractivity contribution in [3.8, 4) is 0 Å². The first-order valence-corrected chi connectivity index (χ1v) is 8.01. The fourth-order valence-electron chi connectivity index (χ4n) is 2.06. The van der Waals surface area contributed by atoms with Crippen LogP contribution >= 0.6 is 0 Å². The molecule has 3 unspecified atom stereocenters. The van der Waals surface area contributed by atoms with Crippen molar-refractivity contribution in [2.24, 2.45) is 0 Å². The van der Waals surface area contributed by atoms with Crippen LogP contribution in [-0.4, -0.2) is 36.6 Å². The Balaban J connectivity index is 3.66. The van der Waals surface area contributed by atoms with E-state index in [1.807, 2.05) is 13.8 Å². The molecule has 0 saturated heterocycles. The molecule has 0 saturated carbocycles. The number of ether oxygens (including phenoxy) is 2. The Labute approximate surface area is 119 Å². The first-order chi connectivity index (χ1) is 9.13. The summed E-state index contributed by atoms with van der Waals surface area (Å²) in [5.41, 5.74) is 0. The summed E-state index contributed by atoms with van der Waals surface area (Å²) in [6.45, 7) is 8.98. The third-order valence-corrected chi connectivity index (χ3v) is 3.38. The van der Waals surface area contributed by atoms with E-state index >= 15 is 0 Å². The molecule has 0 aliphatic rings. The van der Waals surface area contributed by atoms with Crippen molar-refractivity contribution in [2.45, 2.75) is 91.0 Å². The lowest BCUT2D eigenvalue weighted by Crippen LogP contribution is -2.26. The Morgan fingerprint density at radius 1 is 0.947 bits per heavy atom. The molecule has 3 atom stereocenters. The largest absolute Gasteiger partial charge is 0.394 e. The molecule has 0 fully saturated rings. The first kappa shape index (κ1) is 18.9. The van der Waals surface area contributed by atoms with Gasteiger partial charge in [0.25, 0.3) is 0 Å². The number of rotatable bonds is 13. The molecule has 3 nitrogen and oxygen atoms in total. The number of aliphatic hydroxyl groups excluding tert-OH is 1. The average Bonchev–Trinajstić information content (AvgIpc) is 2.43. The van der Waals surface area contributed by atoms with Crippen molar-refractivity contribution >= 4 is 0 Å². The van der Waals surface area contributed by atoms with Crippen LogP contribution in [0.1, 0.15) is 72.6 Å². The van der Waals surface area contributed by atoms with Crippen molar-refractivity contribution < 1.29 is 14.6 Å².